The van der Waals surface area contributed by atoms with Gasteiger partial charge in [-0.15, -0.1) is 0 Å². The van der Waals surface area contributed by atoms with Crippen molar-refractivity contribution in [2.45, 2.75) is 62.2 Å². The number of piperidine rings is 1. The Morgan fingerprint density at radius 3 is 2.55 bits per heavy atom. The number of aliphatic hydroxyl groups is 1. The molecule has 0 radical (unpaired) electrons. The normalized spacial score (nSPS) is 28.8. The summed E-state index contributed by atoms with van der Waals surface area (Å²) in [5.74, 6) is -5.99. The Labute approximate surface area is 183 Å². The Morgan fingerprint density at radius 2 is 2.06 bits per heavy atom. The Morgan fingerprint density at radius 1 is 1.42 bits per heavy atom. The number of nitriles is 1. The molecule has 3 rings (SSSR count). The minimum absolute atomic E-state index is 0.0398. The molecule has 2 unspecified atom stereocenters. The molecule has 1 aliphatic heterocycles. The monoisotopic (exact) mass is 485 g/mol. The van der Waals surface area contributed by atoms with Crippen molar-refractivity contribution in [3.63, 3.8) is 0 Å². The van der Waals surface area contributed by atoms with Crippen LogP contribution in [0.25, 0.3) is 0 Å². The molecule has 1 aliphatic carbocycles. The molecule has 1 aromatic heterocycles. The number of nitrogens with zero attached hydrogens (tertiary/aromatic N) is 3. The number of hydrogen-bond acceptors (Lipinski definition) is 8. The molecule has 15 heteroatoms. The summed E-state index contributed by atoms with van der Waals surface area (Å²) in [4.78, 5) is 16.9. The first-order valence-electron chi connectivity index (χ1n) is 9.60. The highest BCUT2D eigenvalue weighted by Gasteiger charge is 2.54. The van der Waals surface area contributed by atoms with Crippen molar-refractivity contribution >= 4 is 11.9 Å². The summed E-state index contributed by atoms with van der Waals surface area (Å²) in [7, 11) is 0. The van der Waals surface area contributed by atoms with Crippen LogP contribution in [0.15, 0.2) is 6.20 Å². The molecule has 0 bridgehead atoms. The van der Waals surface area contributed by atoms with Gasteiger partial charge in [-0.1, -0.05) is 0 Å². The predicted molar refractivity (Wildman–Crippen MR) is 99.5 cm³/mol. The van der Waals surface area contributed by atoms with Gasteiger partial charge in [0.2, 0.25) is 11.8 Å². The van der Waals surface area contributed by atoms with Crippen molar-refractivity contribution in [3.05, 3.63) is 11.8 Å². The third-order valence-electron chi connectivity index (χ3n) is 4.89. The van der Waals surface area contributed by atoms with Gasteiger partial charge in [-0.25, -0.2) is 22.9 Å². The predicted octanol–water partition coefficient (Wildman–Crippen LogP) is 2.02. The smallest absolute Gasteiger partial charge is 0.475 e. The third kappa shape index (κ3) is 7.32. The Kier molecular flexibility index (Phi) is 7.96. The van der Waals surface area contributed by atoms with Gasteiger partial charge >= 0.3 is 12.1 Å². The largest absolute Gasteiger partial charge is 0.490 e. The van der Waals surface area contributed by atoms with Crippen LogP contribution < -0.4 is 15.4 Å². The molecule has 2 fully saturated rings. The van der Waals surface area contributed by atoms with Crippen molar-refractivity contribution in [2.24, 2.45) is 0 Å². The first-order valence-corrected chi connectivity index (χ1v) is 9.60. The van der Waals surface area contributed by atoms with E-state index in [-0.39, 0.29) is 23.9 Å². The third-order valence-corrected chi connectivity index (χ3v) is 4.89. The number of nitrogens with one attached hydrogen (secondary N) is 2. The first kappa shape index (κ1) is 26.4. The molecular weight excluding hydrogens is 464 g/mol. The van der Waals surface area contributed by atoms with Crippen molar-refractivity contribution in [2.75, 3.05) is 18.4 Å². The number of carboxylic acid groups (broad SMARTS) is 1. The lowest BCUT2D eigenvalue weighted by Gasteiger charge is -2.28. The van der Waals surface area contributed by atoms with E-state index in [4.69, 9.17) is 14.6 Å². The fraction of sp³-hybridized carbons (Fsp3) is 0.667. The number of aromatic nitrogens is 2. The molecule has 33 heavy (non-hydrogen) atoms. The van der Waals surface area contributed by atoms with Crippen LogP contribution in [0.4, 0.5) is 32.3 Å². The van der Waals surface area contributed by atoms with Gasteiger partial charge in [-0.2, -0.15) is 23.4 Å². The Balaban J connectivity index is 0.000000479. The highest BCUT2D eigenvalue weighted by atomic mass is 19.4. The molecule has 2 heterocycles. The minimum Gasteiger partial charge on any atom is -0.475 e. The van der Waals surface area contributed by atoms with Crippen LogP contribution in [0.3, 0.4) is 0 Å². The molecule has 1 saturated carbocycles. The van der Waals surface area contributed by atoms with E-state index < -0.39 is 54.8 Å². The summed E-state index contributed by atoms with van der Waals surface area (Å²) in [6.45, 7) is 2.10. The van der Waals surface area contributed by atoms with Gasteiger partial charge in [-0.05, 0) is 19.9 Å². The molecule has 0 aromatic carbocycles. The fourth-order valence-electron chi connectivity index (χ4n) is 3.26. The van der Waals surface area contributed by atoms with Crippen molar-refractivity contribution in [1.82, 2.24) is 15.3 Å². The van der Waals surface area contributed by atoms with E-state index in [1.807, 2.05) is 6.07 Å². The average molecular weight is 485 g/mol. The zero-order valence-electron chi connectivity index (χ0n) is 17.2. The van der Waals surface area contributed by atoms with Crippen LogP contribution >= 0.6 is 0 Å². The zero-order valence-corrected chi connectivity index (χ0v) is 17.2. The van der Waals surface area contributed by atoms with E-state index >= 15 is 0 Å². The molecule has 0 spiro atoms. The molecule has 0 amide bonds. The van der Waals surface area contributed by atoms with Crippen LogP contribution in [-0.4, -0.2) is 75.3 Å². The lowest BCUT2D eigenvalue weighted by atomic mass is 10.0. The lowest BCUT2D eigenvalue weighted by Crippen LogP contribution is -2.45. The van der Waals surface area contributed by atoms with Crippen LogP contribution in [-0.2, 0) is 4.79 Å². The average Bonchev–Trinajstić information content (AvgIpc) is 2.90. The number of ether oxygens (including phenoxy) is 1. The first-order chi connectivity index (χ1) is 15.1. The van der Waals surface area contributed by atoms with E-state index in [0.29, 0.717) is 13.0 Å². The van der Waals surface area contributed by atoms with Crippen LogP contribution in [0.2, 0.25) is 0 Å². The van der Waals surface area contributed by atoms with Crippen molar-refractivity contribution in [3.8, 4) is 11.9 Å². The van der Waals surface area contributed by atoms with Gasteiger partial charge in [0.25, 0.3) is 5.92 Å². The zero-order chi connectivity index (χ0) is 25.0. The summed E-state index contributed by atoms with van der Waals surface area (Å²) in [5.41, 5.74) is -1.81. The van der Waals surface area contributed by atoms with E-state index in [9.17, 15) is 36.7 Å². The van der Waals surface area contributed by atoms with Gasteiger partial charge in [-0.3, -0.25) is 0 Å². The Bertz CT molecular complexity index is 892. The van der Waals surface area contributed by atoms with Crippen LogP contribution in [0.5, 0.6) is 5.88 Å². The number of anilines is 1. The lowest BCUT2D eigenvalue weighted by molar-refractivity contribution is -0.192. The van der Waals surface area contributed by atoms with Gasteiger partial charge in [0.1, 0.15) is 29.5 Å². The maximum Gasteiger partial charge on any atom is 0.490 e. The molecule has 1 saturated heterocycles. The molecule has 9 nitrogen and oxygen atoms in total. The molecular formula is C18H21F6N5O4. The second-order valence-electron chi connectivity index (χ2n) is 7.79. The molecule has 2 aliphatic rings. The number of carboxylic acids is 1. The van der Waals surface area contributed by atoms with E-state index in [1.165, 1.54) is 13.1 Å². The topological polar surface area (TPSA) is 140 Å². The number of carbonyl (C=O) groups is 1. The summed E-state index contributed by atoms with van der Waals surface area (Å²) in [5, 5.41) is 32.2. The number of hydrogen-bond donors (Lipinski definition) is 4. The summed E-state index contributed by atoms with van der Waals surface area (Å²) in [6, 6.07) is 1.32. The number of rotatable bonds is 4. The van der Waals surface area contributed by atoms with Gasteiger partial charge in [0.05, 0.1) is 18.7 Å². The molecule has 4 N–H and O–H groups in total. The molecule has 1 aromatic rings. The van der Waals surface area contributed by atoms with Crippen LogP contribution in [0.1, 0.15) is 31.7 Å². The summed E-state index contributed by atoms with van der Waals surface area (Å²) < 4.78 is 78.3. The molecule has 184 valence electrons. The van der Waals surface area contributed by atoms with Gasteiger partial charge in [0, 0.05) is 13.0 Å². The minimum atomic E-state index is -5.08. The highest BCUT2D eigenvalue weighted by Crippen LogP contribution is 2.43. The van der Waals surface area contributed by atoms with E-state index in [0.717, 1.165) is 0 Å². The summed E-state index contributed by atoms with van der Waals surface area (Å²) >= 11 is 0. The number of aliphatic carboxylic acids is 1. The SMILES string of the molecule is CC1(O)CC(F)(F)CC1Oc1nc(N[C@@H]2CCNC[C@H]2F)ncc1C#N.O=C(O)C(F)(F)F. The standard InChI is InChI=1S/C16H20F3N5O2.C2HF3O2/c1-15(25)8-16(18,19)4-12(15)26-13-9(5-20)6-22-14(24-13)23-11-2-3-21-7-10(11)17;3-2(4,5)1(6)7/h6,10-12,21,25H,2-4,7-8H2,1H3,(H,22,23,24);(H,6,7)/t10-,11-,12?,15?;/m1./s1. The van der Waals surface area contributed by atoms with Crippen molar-refractivity contribution in [1.29, 1.82) is 5.26 Å². The second-order valence-corrected chi connectivity index (χ2v) is 7.79. The van der Waals surface area contributed by atoms with E-state index in [1.54, 1.807) is 0 Å². The number of alkyl halides is 6. The maximum absolute atomic E-state index is 13.9. The fourth-order valence-corrected chi connectivity index (χ4v) is 3.26. The summed E-state index contributed by atoms with van der Waals surface area (Å²) in [6.07, 6.45) is -7.16. The van der Waals surface area contributed by atoms with Crippen LogP contribution in [0, 0.1) is 11.3 Å². The molecule has 4 atom stereocenters. The quantitative estimate of drug-likeness (QED) is 0.472. The van der Waals surface area contributed by atoms with Gasteiger partial charge < -0.3 is 25.6 Å². The second kappa shape index (κ2) is 9.96. The highest BCUT2D eigenvalue weighted by molar-refractivity contribution is 5.73. The Hall–Kier alpha value is -2.86. The van der Waals surface area contributed by atoms with Crippen molar-refractivity contribution < 1.29 is 46.1 Å². The number of halogens is 6. The van der Waals surface area contributed by atoms with E-state index in [2.05, 4.69) is 20.6 Å². The maximum atomic E-state index is 13.9. The van der Waals surface area contributed by atoms with Gasteiger partial charge in [0.15, 0.2) is 0 Å².